The van der Waals surface area contributed by atoms with Crippen molar-refractivity contribution in [3.63, 3.8) is 0 Å². The third-order valence-electron chi connectivity index (χ3n) is 4.41. The molecule has 1 aliphatic heterocycles. The molecule has 1 N–H and O–H groups in total. The summed E-state index contributed by atoms with van der Waals surface area (Å²) in [6.07, 6.45) is 1.79. The minimum atomic E-state index is -3.44. The van der Waals surface area contributed by atoms with Crippen LogP contribution in [0.15, 0.2) is 47.4 Å². The van der Waals surface area contributed by atoms with Crippen LogP contribution in [0.25, 0.3) is 0 Å². The van der Waals surface area contributed by atoms with Crippen molar-refractivity contribution >= 4 is 21.6 Å². The van der Waals surface area contributed by atoms with Crippen molar-refractivity contribution in [2.45, 2.75) is 31.6 Å². The van der Waals surface area contributed by atoms with Crippen LogP contribution in [-0.2, 0) is 14.8 Å². The number of aryl methyl sites for hydroxylation is 2. The zero-order valence-electron chi connectivity index (χ0n) is 15.6. The van der Waals surface area contributed by atoms with Crippen molar-refractivity contribution in [3.05, 3.63) is 53.6 Å². The van der Waals surface area contributed by atoms with Crippen LogP contribution in [0.4, 0.5) is 5.69 Å². The second-order valence-corrected chi connectivity index (χ2v) is 8.73. The molecule has 0 saturated carbocycles. The second kappa shape index (κ2) is 8.10. The molecule has 7 heteroatoms. The number of anilines is 1. The van der Waals surface area contributed by atoms with E-state index in [2.05, 4.69) is 5.32 Å². The monoisotopic (exact) mass is 388 g/mol. The summed E-state index contributed by atoms with van der Waals surface area (Å²) in [6.45, 7) is 4.96. The van der Waals surface area contributed by atoms with Gasteiger partial charge in [-0.3, -0.25) is 4.79 Å². The fourth-order valence-corrected chi connectivity index (χ4v) is 4.67. The van der Waals surface area contributed by atoms with Crippen LogP contribution >= 0.6 is 0 Å². The number of sulfonamides is 1. The Morgan fingerprint density at radius 2 is 1.63 bits per heavy atom. The molecule has 144 valence electrons. The van der Waals surface area contributed by atoms with Gasteiger partial charge in [0.2, 0.25) is 10.0 Å². The molecule has 1 amide bonds. The Kier molecular flexibility index (Phi) is 5.82. The van der Waals surface area contributed by atoms with Crippen molar-refractivity contribution < 1.29 is 17.9 Å². The molecule has 1 saturated heterocycles. The van der Waals surface area contributed by atoms with E-state index in [4.69, 9.17) is 4.74 Å². The first kappa shape index (κ1) is 19.4. The van der Waals surface area contributed by atoms with Gasteiger partial charge in [-0.1, -0.05) is 6.07 Å². The van der Waals surface area contributed by atoms with Crippen molar-refractivity contribution in [1.82, 2.24) is 4.31 Å². The lowest BCUT2D eigenvalue weighted by molar-refractivity contribution is -0.118. The summed E-state index contributed by atoms with van der Waals surface area (Å²) in [5, 5.41) is 2.72. The molecule has 6 nitrogen and oxygen atoms in total. The zero-order valence-corrected chi connectivity index (χ0v) is 16.4. The predicted molar refractivity (Wildman–Crippen MR) is 104 cm³/mol. The van der Waals surface area contributed by atoms with Crippen LogP contribution < -0.4 is 10.1 Å². The number of nitrogens with one attached hydrogen (secondary N) is 1. The lowest BCUT2D eigenvalue weighted by Gasteiger charge is -2.15. The molecule has 2 aromatic rings. The molecule has 0 bridgehead atoms. The van der Waals surface area contributed by atoms with Crippen LogP contribution in [0.1, 0.15) is 24.0 Å². The summed E-state index contributed by atoms with van der Waals surface area (Å²) >= 11 is 0. The van der Waals surface area contributed by atoms with E-state index < -0.39 is 10.0 Å². The molecule has 1 fully saturated rings. The van der Waals surface area contributed by atoms with Crippen molar-refractivity contribution in [2.24, 2.45) is 0 Å². The van der Waals surface area contributed by atoms with Gasteiger partial charge in [0.05, 0.1) is 4.90 Å². The fraction of sp³-hybridized carbons (Fsp3) is 0.350. The first-order valence-corrected chi connectivity index (χ1v) is 10.4. The number of hydrogen-bond acceptors (Lipinski definition) is 4. The van der Waals surface area contributed by atoms with Gasteiger partial charge in [0.25, 0.3) is 5.91 Å². The minimum absolute atomic E-state index is 0.114. The Labute approximate surface area is 160 Å². The summed E-state index contributed by atoms with van der Waals surface area (Å²) < 4.78 is 32.0. The van der Waals surface area contributed by atoms with Crippen LogP contribution in [0.3, 0.4) is 0 Å². The highest BCUT2D eigenvalue weighted by molar-refractivity contribution is 7.89. The highest BCUT2D eigenvalue weighted by Gasteiger charge is 2.26. The van der Waals surface area contributed by atoms with Crippen molar-refractivity contribution in [3.8, 4) is 5.75 Å². The van der Waals surface area contributed by atoms with Gasteiger partial charge < -0.3 is 10.1 Å². The van der Waals surface area contributed by atoms with Crippen LogP contribution in [0.5, 0.6) is 5.75 Å². The number of ether oxygens (including phenoxy) is 1. The van der Waals surface area contributed by atoms with Crippen LogP contribution in [0, 0.1) is 13.8 Å². The van der Waals surface area contributed by atoms with Crippen molar-refractivity contribution in [2.75, 3.05) is 25.0 Å². The maximum absolute atomic E-state index is 12.5. The van der Waals surface area contributed by atoms with E-state index >= 15 is 0 Å². The van der Waals surface area contributed by atoms with E-state index in [-0.39, 0.29) is 17.4 Å². The number of carbonyl (C=O) groups excluding carboxylic acids is 1. The Balaban J connectivity index is 1.58. The fourth-order valence-electron chi connectivity index (χ4n) is 3.15. The Hall–Kier alpha value is -2.38. The van der Waals surface area contributed by atoms with Gasteiger partial charge in [-0.25, -0.2) is 8.42 Å². The van der Waals surface area contributed by atoms with Gasteiger partial charge in [-0.2, -0.15) is 4.31 Å². The quantitative estimate of drug-likeness (QED) is 0.825. The first-order chi connectivity index (χ1) is 12.8. The lowest BCUT2D eigenvalue weighted by atomic mass is 10.1. The highest BCUT2D eigenvalue weighted by Crippen LogP contribution is 2.22. The molecule has 0 aliphatic carbocycles. The Morgan fingerprint density at radius 1 is 1.04 bits per heavy atom. The number of rotatable bonds is 6. The molecule has 0 atom stereocenters. The first-order valence-electron chi connectivity index (χ1n) is 8.96. The third-order valence-corrected chi connectivity index (χ3v) is 6.32. The normalized spacial score (nSPS) is 14.9. The summed E-state index contributed by atoms with van der Waals surface area (Å²) in [7, 11) is -3.44. The SMILES string of the molecule is Cc1cc(C)cc(OCC(=O)Nc2ccc(S(=O)(=O)N3CCCC3)cc2)c1. The van der Waals surface area contributed by atoms with E-state index in [1.165, 1.54) is 16.4 Å². The lowest BCUT2D eigenvalue weighted by Crippen LogP contribution is -2.27. The number of benzene rings is 2. The maximum atomic E-state index is 12.5. The van der Waals surface area contributed by atoms with Crippen molar-refractivity contribution in [1.29, 1.82) is 0 Å². The molecule has 3 rings (SSSR count). The number of hydrogen-bond donors (Lipinski definition) is 1. The van der Waals surface area contributed by atoms with Gasteiger partial charge in [0.1, 0.15) is 5.75 Å². The average Bonchev–Trinajstić information content (AvgIpc) is 3.15. The van der Waals surface area contributed by atoms with Crippen LogP contribution in [-0.4, -0.2) is 38.3 Å². The second-order valence-electron chi connectivity index (χ2n) is 6.80. The molecular weight excluding hydrogens is 364 g/mol. The smallest absolute Gasteiger partial charge is 0.262 e. The average molecular weight is 388 g/mol. The molecule has 1 heterocycles. The van der Waals surface area contributed by atoms with E-state index in [0.717, 1.165) is 24.0 Å². The highest BCUT2D eigenvalue weighted by atomic mass is 32.2. The summed E-state index contributed by atoms with van der Waals surface area (Å²) in [4.78, 5) is 12.3. The summed E-state index contributed by atoms with van der Waals surface area (Å²) in [5.74, 6) is 0.346. The standard InChI is InChI=1S/C20H24N2O4S/c1-15-11-16(2)13-18(12-15)26-14-20(23)21-17-5-7-19(8-6-17)27(24,25)22-9-3-4-10-22/h5-8,11-13H,3-4,9-10,14H2,1-2H3,(H,21,23). The zero-order chi connectivity index (χ0) is 19.4. The Bertz CT molecular complexity index is 897. The number of nitrogens with zero attached hydrogens (tertiary/aromatic N) is 1. The van der Waals surface area contributed by atoms with E-state index in [0.29, 0.717) is 24.5 Å². The third kappa shape index (κ3) is 4.87. The maximum Gasteiger partial charge on any atom is 0.262 e. The predicted octanol–water partition coefficient (Wildman–Crippen LogP) is 3.11. The van der Waals surface area contributed by atoms with Gasteiger partial charge in [-0.05, 0) is 74.2 Å². The van der Waals surface area contributed by atoms with Crippen LogP contribution in [0.2, 0.25) is 0 Å². The molecule has 0 unspecified atom stereocenters. The van der Waals surface area contributed by atoms with Gasteiger partial charge in [-0.15, -0.1) is 0 Å². The molecule has 0 spiro atoms. The topological polar surface area (TPSA) is 75.7 Å². The molecule has 0 aromatic heterocycles. The summed E-state index contributed by atoms with van der Waals surface area (Å²) in [5.41, 5.74) is 2.67. The molecule has 1 aliphatic rings. The van der Waals surface area contributed by atoms with Gasteiger partial charge in [0.15, 0.2) is 6.61 Å². The number of amides is 1. The summed E-state index contributed by atoms with van der Waals surface area (Å²) in [6, 6.07) is 12.0. The molecule has 0 radical (unpaired) electrons. The Morgan fingerprint density at radius 3 is 2.22 bits per heavy atom. The van der Waals surface area contributed by atoms with Gasteiger partial charge in [0, 0.05) is 18.8 Å². The molecular formula is C20H24N2O4S. The van der Waals surface area contributed by atoms with Gasteiger partial charge >= 0.3 is 0 Å². The van der Waals surface area contributed by atoms with E-state index in [1.807, 2.05) is 32.0 Å². The number of carbonyl (C=O) groups is 1. The molecule has 27 heavy (non-hydrogen) atoms. The van der Waals surface area contributed by atoms with E-state index in [9.17, 15) is 13.2 Å². The molecule has 2 aromatic carbocycles. The van der Waals surface area contributed by atoms with E-state index in [1.54, 1.807) is 12.1 Å². The minimum Gasteiger partial charge on any atom is -0.484 e. The largest absolute Gasteiger partial charge is 0.484 e.